The van der Waals surface area contributed by atoms with Crippen LogP contribution in [0, 0.1) is 0 Å². The van der Waals surface area contributed by atoms with Gasteiger partial charge in [-0.2, -0.15) is 0 Å². The SMILES string of the molecule is CNC1(c2ccc3c(c2)=CCCC=3)CC1. The van der Waals surface area contributed by atoms with Gasteiger partial charge in [0.2, 0.25) is 0 Å². The van der Waals surface area contributed by atoms with Crippen LogP contribution in [-0.4, -0.2) is 7.05 Å². The van der Waals surface area contributed by atoms with E-state index >= 15 is 0 Å². The summed E-state index contributed by atoms with van der Waals surface area (Å²) in [4.78, 5) is 0. The minimum absolute atomic E-state index is 0.306. The first-order valence-electron chi connectivity index (χ1n) is 5.84. The second-order valence-electron chi connectivity index (χ2n) is 4.66. The van der Waals surface area contributed by atoms with E-state index in [4.69, 9.17) is 0 Å². The number of hydrogen-bond donors (Lipinski definition) is 1. The highest BCUT2D eigenvalue weighted by atomic mass is 15.0. The van der Waals surface area contributed by atoms with Gasteiger partial charge in [0.1, 0.15) is 0 Å². The first kappa shape index (κ1) is 9.17. The molecule has 15 heavy (non-hydrogen) atoms. The van der Waals surface area contributed by atoms with Crippen molar-refractivity contribution in [1.82, 2.24) is 5.32 Å². The van der Waals surface area contributed by atoms with E-state index in [1.54, 1.807) is 0 Å². The van der Waals surface area contributed by atoms with Gasteiger partial charge in [-0.05, 0) is 54.8 Å². The Morgan fingerprint density at radius 2 is 1.80 bits per heavy atom. The molecule has 78 valence electrons. The summed E-state index contributed by atoms with van der Waals surface area (Å²) in [7, 11) is 2.07. The van der Waals surface area contributed by atoms with Gasteiger partial charge in [-0.1, -0.05) is 24.3 Å². The van der Waals surface area contributed by atoms with Gasteiger partial charge in [-0.25, -0.2) is 0 Å². The van der Waals surface area contributed by atoms with Crippen molar-refractivity contribution in [2.75, 3.05) is 7.05 Å². The van der Waals surface area contributed by atoms with Gasteiger partial charge in [-0.3, -0.25) is 0 Å². The van der Waals surface area contributed by atoms with Gasteiger partial charge in [0.15, 0.2) is 0 Å². The number of benzene rings is 1. The second kappa shape index (κ2) is 3.21. The fraction of sp³-hybridized carbons (Fsp3) is 0.429. The highest BCUT2D eigenvalue weighted by molar-refractivity contribution is 5.42. The molecule has 0 amide bonds. The van der Waals surface area contributed by atoms with Crippen molar-refractivity contribution in [3.63, 3.8) is 0 Å². The molecule has 1 saturated carbocycles. The van der Waals surface area contributed by atoms with Gasteiger partial charge in [-0.15, -0.1) is 0 Å². The molecule has 3 rings (SSSR count). The van der Waals surface area contributed by atoms with E-state index in [1.165, 1.54) is 41.7 Å². The number of fused-ring (bicyclic) bond motifs is 1. The molecule has 2 aliphatic carbocycles. The number of hydrogen-bond acceptors (Lipinski definition) is 1. The van der Waals surface area contributed by atoms with Gasteiger partial charge in [0.05, 0.1) is 0 Å². The maximum absolute atomic E-state index is 3.45. The summed E-state index contributed by atoms with van der Waals surface area (Å²) in [5.41, 5.74) is 1.77. The Morgan fingerprint density at radius 1 is 1.07 bits per heavy atom. The normalized spacial score (nSPS) is 21.1. The van der Waals surface area contributed by atoms with Crippen molar-refractivity contribution in [3.8, 4) is 0 Å². The third-order valence-electron chi connectivity index (χ3n) is 3.76. The summed E-state index contributed by atoms with van der Waals surface area (Å²) < 4.78 is 0. The molecule has 1 heteroatoms. The van der Waals surface area contributed by atoms with E-state index in [9.17, 15) is 0 Å². The highest BCUT2D eigenvalue weighted by Gasteiger charge is 2.42. The zero-order valence-corrected chi connectivity index (χ0v) is 9.22. The van der Waals surface area contributed by atoms with Crippen molar-refractivity contribution < 1.29 is 0 Å². The average Bonchev–Trinajstić information content (AvgIpc) is 3.09. The molecule has 2 aliphatic rings. The average molecular weight is 199 g/mol. The Hall–Kier alpha value is -1.08. The Bertz CT molecular complexity index is 495. The van der Waals surface area contributed by atoms with Gasteiger partial charge in [0.25, 0.3) is 0 Å². The molecule has 0 heterocycles. The fourth-order valence-electron chi connectivity index (χ4n) is 2.52. The minimum atomic E-state index is 0.306. The van der Waals surface area contributed by atoms with Crippen molar-refractivity contribution in [2.45, 2.75) is 31.2 Å². The maximum Gasteiger partial charge on any atom is 0.0434 e. The molecule has 0 atom stereocenters. The largest absolute Gasteiger partial charge is 0.310 e. The summed E-state index contributed by atoms with van der Waals surface area (Å²) in [6.45, 7) is 0. The van der Waals surface area contributed by atoms with Gasteiger partial charge in [0, 0.05) is 5.54 Å². The van der Waals surface area contributed by atoms with Crippen LogP contribution in [0.3, 0.4) is 0 Å². The predicted octanol–water partition coefficient (Wildman–Crippen LogP) is 1.25. The summed E-state index contributed by atoms with van der Waals surface area (Å²) >= 11 is 0. The lowest BCUT2D eigenvalue weighted by Gasteiger charge is -2.15. The first-order chi connectivity index (χ1) is 7.34. The molecule has 0 spiro atoms. The van der Waals surface area contributed by atoms with Crippen molar-refractivity contribution in [3.05, 3.63) is 34.2 Å². The summed E-state index contributed by atoms with van der Waals surface area (Å²) in [6.07, 6.45) is 9.67. The van der Waals surface area contributed by atoms with Crippen LogP contribution in [0.4, 0.5) is 0 Å². The highest BCUT2D eigenvalue weighted by Crippen LogP contribution is 2.44. The van der Waals surface area contributed by atoms with Gasteiger partial charge < -0.3 is 5.32 Å². The van der Waals surface area contributed by atoms with E-state index in [1.807, 2.05) is 0 Å². The molecule has 0 saturated heterocycles. The molecule has 1 aromatic carbocycles. The van der Waals surface area contributed by atoms with Crippen LogP contribution in [0.25, 0.3) is 12.2 Å². The molecule has 0 aromatic heterocycles. The van der Waals surface area contributed by atoms with E-state index in [0.717, 1.165) is 0 Å². The molecule has 0 aliphatic heterocycles. The second-order valence-corrected chi connectivity index (χ2v) is 4.66. The lowest BCUT2D eigenvalue weighted by Crippen LogP contribution is -2.31. The third-order valence-corrected chi connectivity index (χ3v) is 3.76. The van der Waals surface area contributed by atoms with Crippen LogP contribution in [-0.2, 0) is 5.54 Å². The molecule has 1 fully saturated rings. The van der Waals surface area contributed by atoms with Crippen LogP contribution in [0.1, 0.15) is 31.2 Å². The minimum Gasteiger partial charge on any atom is -0.310 e. The third kappa shape index (κ3) is 1.42. The van der Waals surface area contributed by atoms with E-state index in [-0.39, 0.29) is 0 Å². The Kier molecular flexibility index (Phi) is 1.96. The predicted molar refractivity (Wildman–Crippen MR) is 63.8 cm³/mol. The van der Waals surface area contributed by atoms with E-state index in [2.05, 4.69) is 42.7 Å². The zero-order chi connectivity index (χ0) is 10.3. The lowest BCUT2D eigenvalue weighted by molar-refractivity contribution is 0.585. The van der Waals surface area contributed by atoms with Crippen LogP contribution < -0.4 is 15.8 Å². The standard InChI is InChI=1S/C14H17N/c1-15-14(8-9-14)13-7-6-11-4-2-3-5-12(11)10-13/h4-7,10,15H,2-3,8-9H2,1H3. The monoisotopic (exact) mass is 199 g/mol. The topological polar surface area (TPSA) is 12.0 Å². The molecular weight excluding hydrogens is 182 g/mol. The van der Waals surface area contributed by atoms with Crippen LogP contribution in [0.5, 0.6) is 0 Å². The fourth-order valence-corrected chi connectivity index (χ4v) is 2.52. The maximum atomic E-state index is 3.45. The Morgan fingerprint density at radius 3 is 2.47 bits per heavy atom. The van der Waals surface area contributed by atoms with Crippen molar-refractivity contribution in [2.24, 2.45) is 0 Å². The van der Waals surface area contributed by atoms with Crippen LogP contribution in [0.15, 0.2) is 18.2 Å². The quantitative estimate of drug-likeness (QED) is 0.756. The van der Waals surface area contributed by atoms with Crippen LogP contribution in [0.2, 0.25) is 0 Å². The number of nitrogens with one attached hydrogen (secondary N) is 1. The summed E-state index contributed by atoms with van der Waals surface area (Å²) in [5.74, 6) is 0. The molecule has 1 N–H and O–H groups in total. The zero-order valence-electron chi connectivity index (χ0n) is 9.22. The summed E-state index contributed by atoms with van der Waals surface area (Å²) in [6, 6.07) is 6.93. The number of rotatable bonds is 2. The molecule has 0 bridgehead atoms. The molecular formula is C14H17N. The molecule has 0 radical (unpaired) electrons. The first-order valence-corrected chi connectivity index (χ1v) is 5.84. The molecule has 1 aromatic rings. The Labute approximate surface area is 90.5 Å². The smallest absolute Gasteiger partial charge is 0.0434 e. The van der Waals surface area contributed by atoms with Crippen molar-refractivity contribution in [1.29, 1.82) is 0 Å². The van der Waals surface area contributed by atoms with E-state index in [0.29, 0.717) is 5.54 Å². The van der Waals surface area contributed by atoms with Gasteiger partial charge >= 0.3 is 0 Å². The van der Waals surface area contributed by atoms with Crippen molar-refractivity contribution >= 4 is 12.2 Å². The van der Waals surface area contributed by atoms with Crippen LogP contribution >= 0.6 is 0 Å². The Balaban J connectivity index is 2.13. The summed E-state index contributed by atoms with van der Waals surface area (Å²) in [5, 5.41) is 6.30. The molecule has 0 unspecified atom stereocenters. The van der Waals surface area contributed by atoms with E-state index < -0.39 is 0 Å². The lowest BCUT2D eigenvalue weighted by atomic mass is 10.00. The molecule has 1 nitrogen and oxygen atoms in total.